The number of rotatable bonds is 4. The molecule has 3 nitrogen and oxygen atoms in total. The molecule has 7 aromatic carbocycles. The first kappa shape index (κ1) is 34.9. The van der Waals surface area contributed by atoms with E-state index >= 15 is 0 Å². The summed E-state index contributed by atoms with van der Waals surface area (Å²) in [5, 5.41) is 2.28. The molecular formula is C56H41N3. The molecule has 0 saturated carbocycles. The smallest absolute Gasteiger partial charge is 0.0816 e. The standard InChI is InChI=1S/C56H41N3/c1-33-17-25-37(26-18-33)47-48(38-27-19-34(2)20-28-38)52-42-12-6-8-14-44(42)54(58-52)50(40-31-23-36(4)24-32-40)56-46-16-10-9-15-45(46)55(59-56)49(39-29-21-35(3)22-30-39)53-43-13-7-5-11-41(43)51(47)57-53/h5-32,57H,1-4H3. The lowest BCUT2D eigenvalue weighted by Gasteiger charge is -2.14. The van der Waals surface area contributed by atoms with Gasteiger partial charge in [0.25, 0.3) is 0 Å². The van der Waals surface area contributed by atoms with Crippen LogP contribution >= 0.6 is 0 Å². The van der Waals surface area contributed by atoms with Crippen molar-refractivity contribution in [1.29, 1.82) is 0 Å². The minimum Gasteiger partial charge on any atom is -0.353 e. The summed E-state index contributed by atoms with van der Waals surface area (Å²) in [6.45, 7) is 8.60. The highest BCUT2D eigenvalue weighted by Gasteiger charge is 2.31. The van der Waals surface area contributed by atoms with E-state index in [9.17, 15) is 0 Å². The number of benzene rings is 7. The molecule has 1 aliphatic carbocycles. The van der Waals surface area contributed by atoms with Crippen LogP contribution in [-0.2, 0) is 0 Å². The van der Waals surface area contributed by atoms with Gasteiger partial charge in [-0.25, -0.2) is 9.97 Å². The Kier molecular flexibility index (Phi) is 8.06. The molecule has 59 heavy (non-hydrogen) atoms. The Morgan fingerprint density at radius 2 is 0.576 bits per heavy atom. The third kappa shape index (κ3) is 5.65. The van der Waals surface area contributed by atoms with E-state index < -0.39 is 0 Å². The van der Waals surface area contributed by atoms with E-state index in [1.807, 2.05) is 0 Å². The van der Waals surface area contributed by atoms with E-state index in [-0.39, 0.29) is 0 Å². The first-order valence-electron chi connectivity index (χ1n) is 20.4. The number of hydrogen-bond acceptors (Lipinski definition) is 2. The Morgan fingerprint density at radius 1 is 0.288 bits per heavy atom. The van der Waals surface area contributed by atoms with Gasteiger partial charge in [-0.3, -0.25) is 0 Å². The van der Waals surface area contributed by atoms with Crippen molar-refractivity contribution in [2.45, 2.75) is 27.7 Å². The fraction of sp³-hybridized carbons (Fsp3) is 0.0714. The number of nitrogens with zero attached hydrogens (tertiary/aromatic N) is 2. The van der Waals surface area contributed by atoms with Crippen molar-refractivity contribution in [3.05, 3.63) is 192 Å². The van der Waals surface area contributed by atoms with Crippen LogP contribution in [0, 0.1) is 27.7 Å². The second-order valence-electron chi connectivity index (χ2n) is 16.1. The normalized spacial score (nSPS) is 11.7. The molecule has 3 heteroatoms. The van der Waals surface area contributed by atoms with Crippen LogP contribution in [0.25, 0.3) is 111 Å². The van der Waals surface area contributed by atoms with Crippen LogP contribution in [0.3, 0.4) is 0 Å². The van der Waals surface area contributed by atoms with E-state index in [4.69, 9.17) is 9.97 Å². The fourth-order valence-electron chi connectivity index (χ4n) is 9.07. The number of H-pyrrole nitrogens is 1. The maximum Gasteiger partial charge on any atom is 0.0816 e. The number of aromatic nitrogens is 3. The molecule has 0 fully saturated rings. The van der Waals surface area contributed by atoms with Gasteiger partial charge in [-0.2, -0.15) is 0 Å². The van der Waals surface area contributed by atoms with Gasteiger partial charge in [0.1, 0.15) is 0 Å². The van der Waals surface area contributed by atoms with Gasteiger partial charge < -0.3 is 4.98 Å². The summed E-state index contributed by atoms with van der Waals surface area (Å²) in [7, 11) is 0. The van der Waals surface area contributed by atoms with Crippen LogP contribution in [0.2, 0.25) is 0 Å². The molecule has 0 spiro atoms. The van der Waals surface area contributed by atoms with E-state index in [0.717, 1.165) is 111 Å². The molecule has 1 N–H and O–H groups in total. The predicted octanol–water partition coefficient (Wildman–Crippen LogP) is 15.0. The summed E-state index contributed by atoms with van der Waals surface area (Å²) in [4.78, 5) is 15.9. The highest BCUT2D eigenvalue weighted by atomic mass is 14.8. The average Bonchev–Trinajstić information content (AvgIpc) is 3.95. The van der Waals surface area contributed by atoms with Crippen LogP contribution in [0.15, 0.2) is 170 Å². The summed E-state index contributed by atoms with van der Waals surface area (Å²) < 4.78 is 0. The van der Waals surface area contributed by atoms with Gasteiger partial charge in [0, 0.05) is 55.3 Å². The summed E-state index contributed by atoms with van der Waals surface area (Å²) in [6, 6.07) is 62.0. The Labute approximate surface area is 344 Å². The largest absolute Gasteiger partial charge is 0.353 e. The molecule has 0 saturated heterocycles. The van der Waals surface area contributed by atoms with E-state index in [2.05, 4.69) is 203 Å². The van der Waals surface area contributed by atoms with Gasteiger partial charge in [-0.05, 0) is 49.9 Å². The number of aryl methyl sites for hydroxylation is 4. The minimum absolute atomic E-state index is 0.925. The highest BCUT2D eigenvalue weighted by molar-refractivity contribution is 6.19. The summed E-state index contributed by atoms with van der Waals surface area (Å²) in [5.41, 5.74) is 23.7. The van der Waals surface area contributed by atoms with Gasteiger partial charge in [0.05, 0.1) is 33.8 Å². The molecule has 11 rings (SSSR count). The lowest BCUT2D eigenvalue weighted by Crippen LogP contribution is -1.91. The molecule has 8 aromatic rings. The van der Waals surface area contributed by atoms with Crippen molar-refractivity contribution < 1.29 is 0 Å². The number of nitrogens with one attached hydrogen (secondary N) is 1. The zero-order chi connectivity index (χ0) is 39.8. The zero-order valence-corrected chi connectivity index (χ0v) is 33.6. The Balaban J connectivity index is 1.49. The molecule has 1 aromatic heterocycles. The Morgan fingerprint density at radius 3 is 0.983 bits per heavy atom. The third-order valence-corrected chi connectivity index (χ3v) is 12.1. The molecule has 280 valence electrons. The van der Waals surface area contributed by atoms with Gasteiger partial charge in [0.2, 0.25) is 0 Å². The van der Waals surface area contributed by atoms with Crippen molar-refractivity contribution in [2.75, 3.05) is 0 Å². The lowest BCUT2D eigenvalue weighted by molar-refractivity contribution is 1.37. The van der Waals surface area contributed by atoms with Gasteiger partial charge in [0.15, 0.2) is 0 Å². The number of aromatic amines is 1. The monoisotopic (exact) mass is 755 g/mol. The molecule has 0 amide bonds. The van der Waals surface area contributed by atoms with Crippen molar-refractivity contribution in [3.8, 4) is 89.5 Å². The van der Waals surface area contributed by atoms with Crippen LogP contribution < -0.4 is 0 Å². The van der Waals surface area contributed by atoms with Crippen LogP contribution in [0.1, 0.15) is 22.3 Å². The third-order valence-electron chi connectivity index (χ3n) is 12.1. The van der Waals surface area contributed by atoms with Crippen LogP contribution in [-0.4, -0.2) is 15.0 Å². The molecule has 3 aliphatic rings. The number of hydrogen-bond donors (Lipinski definition) is 1. The first-order chi connectivity index (χ1) is 28.9. The Bertz CT molecular complexity index is 3260. The quantitative estimate of drug-likeness (QED) is 0.194. The topological polar surface area (TPSA) is 41.6 Å². The predicted molar refractivity (Wildman–Crippen MR) is 247 cm³/mol. The summed E-state index contributed by atoms with van der Waals surface area (Å²) in [5.74, 6) is 0. The molecule has 0 atom stereocenters. The van der Waals surface area contributed by atoms with Crippen LogP contribution in [0.4, 0.5) is 0 Å². The van der Waals surface area contributed by atoms with Crippen molar-refractivity contribution in [1.82, 2.24) is 15.0 Å². The van der Waals surface area contributed by atoms with E-state index in [1.54, 1.807) is 0 Å². The molecule has 2 aliphatic heterocycles. The maximum atomic E-state index is 5.88. The summed E-state index contributed by atoms with van der Waals surface area (Å²) in [6.07, 6.45) is 0. The van der Waals surface area contributed by atoms with E-state index in [1.165, 1.54) is 22.3 Å². The van der Waals surface area contributed by atoms with Gasteiger partial charge in [-0.15, -0.1) is 0 Å². The average molecular weight is 756 g/mol. The zero-order valence-electron chi connectivity index (χ0n) is 33.6. The maximum absolute atomic E-state index is 5.88. The SMILES string of the molecule is Cc1ccc(-c2c3nc(c(-c4ccc(C)cc4)c(-c4ccc(C)cc4)c4[nH]c(c(-c5ccc(C)cc5)c5nc2-c2ccccc2-5)c2ccccc42)-c2ccccc2-3)cc1. The first-order valence-corrected chi connectivity index (χ1v) is 20.4. The van der Waals surface area contributed by atoms with Crippen LogP contribution in [0.5, 0.6) is 0 Å². The van der Waals surface area contributed by atoms with Crippen molar-refractivity contribution in [2.24, 2.45) is 0 Å². The van der Waals surface area contributed by atoms with E-state index in [0.29, 0.717) is 0 Å². The fourth-order valence-corrected chi connectivity index (χ4v) is 9.07. The molecule has 6 bridgehead atoms. The molecule has 0 radical (unpaired) electrons. The second kappa shape index (κ2) is 13.6. The lowest BCUT2D eigenvalue weighted by atomic mass is 9.89. The van der Waals surface area contributed by atoms with Crippen molar-refractivity contribution in [3.63, 3.8) is 0 Å². The summed E-state index contributed by atoms with van der Waals surface area (Å²) >= 11 is 0. The van der Waals surface area contributed by atoms with Gasteiger partial charge >= 0.3 is 0 Å². The molecular weight excluding hydrogens is 715 g/mol. The van der Waals surface area contributed by atoms with Crippen molar-refractivity contribution >= 4 is 21.8 Å². The molecule has 3 heterocycles. The highest BCUT2D eigenvalue weighted by Crippen LogP contribution is 2.53. The molecule has 0 unspecified atom stereocenters. The minimum atomic E-state index is 0.925. The van der Waals surface area contributed by atoms with Gasteiger partial charge in [-0.1, -0.05) is 192 Å². The second-order valence-corrected chi connectivity index (χ2v) is 16.1. The Hall–Kier alpha value is -7.36.